The Kier molecular flexibility index (Phi) is 5680. The van der Waals surface area contributed by atoms with E-state index in [-0.39, 0.29) is 224 Å². The van der Waals surface area contributed by atoms with Crippen LogP contribution in [0.4, 0.5) is 0 Å². The summed E-state index contributed by atoms with van der Waals surface area (Å²) in [7, 11) is 3.26. The third-order valence-electron chi connectivity index (χ3n) is 0.183. The Hall–Kier alpha value is 1.23. The zero-order valence-corrected chi connectivity index (χ0v) is 26.5. The molecule has 0 fully saturated rings. The molecule has 0 aromatic rings. The van der Waals surface area contributed by atoms with Gasteiger partial charge in [-0.2, -0.15) is 13.3 Å². The Labute approximate surface area is 299 Å². The van der Waals surface area contributed by atoms with Crippen LogP contribution in [0.15, 0.2) is 0 Å². The fraction of sp³-hybridized carbons (Fsp3) is 0.704. The topological polar surface area (TPSA) is 71.5 Å². The maximum atomic E-state index is 9.44. The average Bonchev–Trinajstić information content (AvgIpc) is 2.08. The van der Waals surface area contributed by atoms with E-state index in [2.05, 4.69) is 6.79 Å². The molecule has 0 radical (unpaired) electrons. The molecule has 0 rings (SSSR count). The third kappa shape index (κ3) is 3950. The van der Waals surface area contributed by atoms with Gasteiger partial charge in [0.2, 0.25) is 0 Å². The molecule has 9 heteroatoms. The molecule has 0 heterocycles. The van der Waals surface area contributed by atoms with Crippen LogP contribution in [0.5, 0.6) is 0 Å². The number of carbonyl (C=O) groups is 1. The van der Waals surface area contributed by atoms with Crippen LogP contribution in [0.2, 0.25) is 0 Å². The van der Waals surface area contributed by atoms with Gasteiger partial charge < -0.3 is 53.8 Å². The van der Waals surface area contributed by atoms with E-state index < -0.39 is 0 Å². The number of hydrogen-bond acceptors (Lipinski definition) is 4. The fourth-order valence-corrected chi connectivity index (χ4v) is 0. The molecule has 0 aromatic carbocycles. The normalized spacial score (nSPS) is 2.14. The standard InChI is InChI=1S/C3H6NO.C3H6O.C2H3O.CHO.14CH4.4CH3.4W/c1-4(2)3-5;1-3(2)4;1-2-3;1-2;;;;;;;;;;;;;;;;;;;;;;/h1-2H3;1-2H3;1H3;1H;14*1H4;4*1H3;;;;/q-1;;2*-1;;;;;;;;;;;;;;;4*-1;;3*+2. The molecule has 0 atom stereocenters. The van der Waals surface area contributed by atoms with Gasteiger partial charge in [-0.25, -0.2) is 0 Å². The third-order valence-corrected chi connectivity index (χ3v) is 0.183. The van der Waals surface area contributed by atoms with Gasteiger partial charge in [-0.05, 0) is 27.9 Å². The quantitative estimate of drug-likeness (QED) is 0.149. The van der Waals surface area contributed by atoms with Gasteiger partial charge in [0.1, 0.15) is 5.78 Å². The summed E-state index contributed by atoms with van der Waals surface area (Å²) in [6.07, 6.45) is 3.11. The number of nitrogens with zero attached hydrogens (tertiary/aromatic N) is 1. The average molecular weight is 1220 g/mol. The van der Waals surface area contributed by atoms with Crippen LogP contribution in [-0.2, 0) is 103 Å². The molecule has 1 amide bonds. The molecule has 0 saturated carbocycles. The van der Waals surface area contributed by atoms with Crippen molar-refractivity contribution >= 4 is 25.3 Å². The van der Waals surface area contributed by atoms with Gasteiger partial charge >= 0.3 is 63.2 Å². The van der Waals surface area contributed by atoms with Crippen molar-refractivity contribution in [1.29, 1.82) is 0 Å². The van der Waals surface area contributed by atoms with Crippen molar-refractivity contribution in [3.63, 3.8) is 0 Å². The van der Waals surface area contributed by atoms with E-state index in [1.165, 1.54) is 32.0 Å². The molecule has 246 valence electrons. The Morgan fingerprint density at radius 2 is 0.583 bits per heavy atom. The summed E-state index contributed by atoms with van der Waals surface area (Å²) in [6.45, 7) is 7.62. The first-order valence-corrected chi connectivity index (χ1v) is 3.47. The van der Waals surface area contributed by atoms with E-state index in [9.17, 15) is 9.59 Å². The molecule has 5 nitrogen and oxygen atoms in total. The molecule has 0 N–H and O–H groups in total. The summed E-state index contributed by atoms with van der Waals surface area (Å²) in [5, 5.41) is 0. The first kappa shape index (κ1) is 387. The second-order valence-corrected chi connectivity index (χ2v) is 2.10. The fourth-order valence-electron chi connectivity index (χ4n) is 0. The van der Waals surface area contributed by atoms with Gasteiger partial charge in [0.25, 0.3) is 0 Å². The van der Waals surface area contributed by atoms with Crippen molar-refractivity contribution in [2.24, 2.45) is 0 Å². The van der Waals surface area contributed by atoms with Crippen LogP contribution in [0.25, 0.3) is 0 Å². The predicted molar refractivity (Wildman–Crippen MR) is 174 cm³/mol. The first-order valence-electron chi connectivity index (χ1n) is 3.47. The monoisotopic (exact) mass is 1220 g/mol. The molecule has 36 heavy (non-hydrogen) atoms. The Balaban J connectivity index is -0.00000000130. The van der Waals surface area contributed by atoms with Crippen molar-refractivity contribution in [1.82, 2.24) is 4.90 Å². The van der Waals surface area contributed by atoms with E-state index in [0.717, 1.165) is 0 Å². The van der Waals surface area contributed by atoms with Gasteiger partial charge in [-0.15, -0.1) is 0 Å². The summed E-state index contributed by atoms with van der Waals surface area (Å²) in [4.78, 5) is 36.5. The van der Waals surface area contributed by atoms with Crippen molar-refractivity contribution in [3.05, 3.63) is 29.7 Å². The number of Topliss-reactive ketones (excluding diaryl/α,β-unsaturated/α-hetero) is 1. The van der Waals surface area contributed by atoms with E-state index in [4.69, 9.17) is 9.59 Å². The Morgan fingerprint density at radius 3 is 0.583 bits per heavy atom. The summed E-state index contributed by atoms with van der Waals surface area (Å²) >= 11 is 0. The van der Waals surface area contributed by atoms with Crippen LogP contribution < -0.4 is 0 Å². The van der Waals surface area contributed by atoms with E-state index in [1.807, 2.05) is 0 Å². The maximum absolute atomic E-state index is 9.44. The van der Waals surface area contributed by atoms with E-state index in [0.29, 0.717) is 0 Å². The minimum atomic E-state index is 0. The molecular formula is C27H84NO4W4-. The molecule has 0 aliphatic heterocycles. The minimum absolute atomic E-state index is 0. The van der Waals surface area contributed by atoms with Gasteiger partial charge in [0.15, 0.2) is 0 Å². The second kappa shape index (κ2) is 528. The molecule has 0 aliphatic rings. The Morgan fingerprint density at radius 1 is 0.556 bits per heavy atom. The van der Waals surface area contributed by atoms with Crippen LogP contribution >= 0.6 is 0 Å². The zero-order chi connectivity index (χ0) is 12.6. The van der Waals surface area contributed by atoms with Gasteiger partial charge in [0.05, 0.1) is 0 Å². The zero-order valence-electron chi connectivity index (χ0n) is 14.8. The van der Waals surface area contributed by atoms with Crippen LogP contribution in [0.1, 0.15) is 125 Å². The van der Waals surface area contributed by atoms with Crippen LogP contribution in [0, 0.1) is 29.7 Å². The number of carbonyl (C=O) groups excluding carboxylic acids is 4. The molecular weight excluding hydrogens is 1140 g/mol. The smallest absolute Gasteiger partial charge is 0.545 e. The number of amides is 1. The van der Waals surface area contributed by atoms with Crippen LogP contribution in [0.3, 0.4) is 0 Å². The first-order chi connectivity index (χ1) is 6.42. The molecule has 0 aromatic heterocycles. The van der Waals surface area contributed by atoms with Gasteiger partial charge in [0, 0.05) is 21.1 Å². The van der Waals surface area contributed by atoms with E-state index >= 15 is 0 Å². The van der Waals surface area contributed by atoms with Crippen molar-refractivity contribution < 1.29 is 103 Å². The number of hydrogen-bond donors (Lipinski definition) is 0. The maximum Gasteiger partial charge on any atom is 2.00 e. The molecule has 0 saturated heterocycles. The molecule has 0 bridgehead atoms. The summed E-state index contributed by atoms with van der Waals surface area (Å²) in [6, 6.07) is 0. The van der Waals surface area contributed by atoms with Crippen molar-refractivity contribution in [3.8, 4) is 0 Å². The summed E-state index contributed by atoms with van der Waals surface area (Å²) < 4.78 is 0. The molecule has 0 unspecified atom stereocenters. The number of rotatable bonds is 1. The van der Waals surface area contributed by atoms with Gasteiger partial charge in [-0.1, -0.05) is 104 Å². The summed E-state index contributed by atoms with van der Waals surface area (Å²) in [5.74, 6) is 0.167. The summed E-state index contributed by atoms with van der Waals surface area (Å²) in [5.41, 5.74) is 0. The second-order valence-electron chi connectivity index (χ2n) is 2.10. The molecule has 0 spiro atoms. The van der Waals surface area contributed by atoms with E-state index in [1.54, 1.807) is 20.5 Å². The SMILES string of the molecule is C.C.C.C.C.C.C.C.C.C.C.C.C.C.CC(C)=O.CN(C)[C-]=O.C[C-]=O.[CH-]=O.[CH3-].[CH3-].[CH3-].[CH3-].[W+2].[W+2].[W+2].[W]. The Bertz CT molecular complexity index is 156. The predicted octanol–water partition coefficient (Wildman–Crippen LogP) is 10.7. The van der Waals surface area contributed by atoms with Gasteiger partial charge in [-0.3, -0.25) is 13.1 Å². The van der Waals surface area contributed by atoms with Crippen LogP contribution in [-0.4, -0.2) is 44.3 Å². The number of ketones is 1. The van der Waals surface area contributed by atoms with Crippen molar-refractivity contribution in [2.75, 3.05) is 14.1 Å². The van der Waals surface area contributed by atoms with Crippen molar-refractivity contribution in [2.45, 2.75) is 125 Å². The molecule has 0 aliphatic carbocycles. The largest absolute Gasteiger partial charge is 2.00 e. The minimum Gasteiger partial charge on any atom is -0.545 e.